The van der Waals surface area contributed by atoms with Gasteiger partial charge in [0, 0.05) is 23.3 Å². The van der Waals surface area contributed by atoms with E-state index in [1.807, 2.05) is 0 Å². The maximum absolute atomic E-state index is 12.1. The van der Waals surface area contributed by atoms with Crippen molar-refractivity contribution in [3.63, 3.8) is 0 Å². The van der Waals surface area contributed by atoms with E-state index < -0.39 is 15.7 Å². The van der Waals surface area contributed by atoms with Crippen LogP contribution < -0.4 is 5.32 Å². The van der Waals surface area contributed by atoms with Crippen LogP contribution in [-0.4, -0.2) is 30.0 Å². The highest BCUT2D eigenvalue weighted by atomic mass is 79.9. The first-order valence-corrected chi connectivity index (χ1v) is 8.47. The second-order valence-electron chi connectivity index (χ2n) is 4.14. The van der Waals surface area contributed by atoms with Gasteiger partial charge in [-0.3, -0.25) is 10.1 Å². The van der Waals surface area contributed by atoms with E-state index in [1.165, 1.54) is 24.5 Å². The van der Waals surface area contributed by atoms with Crippen LogP contribution in [0.4, 0.5) is 5.95 Å². The lowest BCUT2D eigenvalue weighted by Gasteiger charge is -2.05. The third kappa shape index (κ3) is 4.61. The van der Waals surface area contributed by atoms with Gasteiger partial charge in [0.15, 0.2) is 9.84 Å². The molecule has 1 amide bonds. The van der Waals surface area contributed by atoms with Gasteiger partial charge in [-0.05, 0) is 30.3 Å². The van der Waals surface area contributed by atoms with E-state index in [-0.39, 0.29) is 23.0 Å². The Morgan fingerprint density at radius 3 is 2.38 bits per heavy atom. The largest absolute Gasteiger partial charge is 0.295 e. The van der Waals surface area contributed by atoms with E-state index in [0.29, 0.717) is 0 Å². The molecule has 21 heavy (non-hydrogen) atoms. The summed E-state index contributed by atoms with van der Waals surface area (Å²) < 4.78 is 24.9. The Kier molecular flexibility index (Phi) is 5.03. The fourth-order valence-electron chi connectivity index (χ4n) is 1.54. The normalized spacial score (nSPS) is 11.1. The summed E-state index contributed by atoms with van der Waals surface area (Å²) in [6.07, 6.45) is 2.82. The van der Waals surface area contributed by atoms with E-state index in [0.717, 1.165) is 4.47 Å². The number of carbonyl (C=O) groups excluding carboxylic acids is 1. The molecule has 0 atom stereocenters. The molecule has 0 bridgehead atoms. The lowest BCUT2D eigenvalue weighted by atomic mass is 10.4. The average Bonchev–Trinajstić information content (AvgIpc) is 2.47. The summed E-state index contributed by atoms with van der Waals surface area (Å²) in [5.41, 5.74) is 0. The second-order valence-corrected chi connectivity index (χ2v) is 7.17. The van der Waals surface area contributed by atoms with Crippen molar-refractivity contribution in [3.8, 4) is 0 Å². The van der Waals surface area contributed by atoms with Crippen molar-refractivity contribution in [1.82, 2.24) is 9.97 Å². The molecule has 0 fully saturated rings. The molecule has 1 N–H and O–H groups in total. The van der Waals surface area contributed by atoms with Crippen LogP contribution >= 0.6 is 15.9 Å². The fourth-order valence-corrected chi connectivity index (χ4v) is 3.04. The highest BCUT2D eigenvalue weighted by Gasteiger charge is 2.16. The minimum Gasteiger partial charge on any atom is -0.295 e. The van der Waals surface area contributed by atoms with Gasteiger partial charge in [0.2, 0.25) is 11.9 Å². The number of rotatable bonds is 5. The molecule has 1 aromatic heterocycles. The molecule has 1 heterocycles. The van der Waals surface area contributed by atoms with Crippen molar-refractivity contribution < 1.29 is 13.2 Å². The molecule has 2 aromatic rings. The Hall–Kier alpha value is -1.80. The van der Waals surface area contributed by atoms with Crippen LogP contribution in [0.15, 0.2) is 52.1 Å². The van der Waals surface area contributed by atoms with Gasteiger partial charge in [0.1, 0.15) is 0 Å². The molecule has 2 rings (SSSR count). The summed E-state index contributed by atoms with van der Waals surface area (Å²) in [6.45, 7) is 0. The van der Waals surface area contributed by atoms with Gasteiger partial charge in [0.05, 0.1) is 10.6 Å². The zero-order valence-electron chi connectivity index (χ0n) is 10.9. The van der Waals surface area contributed by atoms with Gasteiger partial charge < -0.3 is 0 Å². The minimum absolute atomic E-state index is 0.156. The first-order chi connectivity index (χ1) is 9.97. The van der Waals surface area contributed by atoms with Gasteiger partial charge >= 0.3 is 0 Å². The van der Waals surface area contributed by atoms with Crippen LogP contribution in [0.1, 0.15) is 6.42 Å². The molecule has 0 saturated carbocycles. The predicted octanol–water partition coefficient (Wildman–Crippen LogP) is 2.04. The SMILES string of the molecule is O=C(CCS(=O)(=O)c1ccc(Br)cc1)Nc1ncccn1. The van der Waals surface area contributed by atoms with Crippen LogP contribution in [-0.2, 0) is 14.6 Å². The van der Waals surface area contributed by atoms with Gasteiger partial charge in [0.25, 0.3) is 0 Å². The highest BCUT2D eigenvalue weighted by molar-refractivity contribution is 9.10. The molecule has 0 aliphatic carbocycles. The maximum atomic E-state index is 12.1. The number of nitrogens with one attached hydrogen (secondary N) is 1. The number of anilines is 1. The van der Waals surface area contributed by atoms with E-state index >= 15 is 0 Å². The van der Waals surface area contributed by atoms with E-state index in [4.69, 9.17) is 0 Å². The lowest BCUT2D eigenvalue weighted by Crippen LogP contribution is -2.18. The quantitative estimate of drug-likeness (QED) is 0.870. The monoisotopic (exact) mass is 369 g/mol. The molecule has 110 valence electrons. The Morgan fingerprint density at radius 1 is 1.14 bits per heavy atom. The molecule has 0 saturated heterocycles. The van der Waals surface area contributed by atoms with Gasteiger partial charge in [-0.2, -0.15) is 0 Å². The van der Waals surface area contributed by atoms with Crippen molar-refractivity contribution in [2.45, 2.75) is 11.3 Å². The number of carbonyl (C=O) groups is 1. The number of nitrogens with zero attached hydrogens (tertiary/aromatic N) is 2. The number of hydrogen-bond donors (Lipinski definition) is 1. The number of hydrogen-bond acceptors (Lipinski definition) is 5. The summed E-state index contributed by atoms with van der Waals surface area (Å²) in [5, 5.41) is 2.44. The van der Waals surface area contributed by atoms with Gasteiger partial charge in [-0.15, -0.1) is 0 Å². The second kappa shape index (κ2) is 6.77. The van der Waals surface area contributed by atoms with Crippen LogP contribution in [0, 0.1) is 0 Å². The third-order valence-electron chi connectivity index (χ3n) is 2.59. The summed E-state index contributed by atoms with van der Waals surface area (Å²) in [4.78, 5) is 19.5. The molecule has 0 aliphatic heterocycles. The molecule has 0 unspecified atom stereocenters. The fraction of sp³-hybridized carbons (Fsp3) is 0.154. The van der Waals surface area contributed by atoms with Crippen molar-refractivity contribution >= 4 is 37.6 Å². The molecule has 0 aliphatic rings. The molecule has 0 spiro atoms. The molecule has 0 radical (unpaired) electrons. The Bertz CT molecular complexity index is 718. The number of halogens is 1. The Labute approximate surface area is 130 Å². The topological polar surface area (TPSA) is 89.0 Å². The molecular weight excluding hydrogens is 358 g/mol. The Balaban J connectivity index is 1.95. The first-order valence-electron chi connectivity index (χ1n) is 6.02. The Morgan fingerprint density at radius 2 is 1.76 bits per heavy atom. The summed E-state index contributed by atoms with van der Waals surface area (Å²) in [6, 6.07) is 7.90. The zero-order chi connectivity index (χ0) is 15.3. The van der Waals surface area contributed by atoms with Crippen LogP contribution in [0.25, 0.3) is 0 Å². The van der Waals surface area contributed by atoms with Crippen molar-refractivity contribution in [1.29, 1.82) is 0 Å². The lowest BCUT2D eigenvalue weighted by molar-refractivity contribution is -0.115. The van der Waals surface area contributed by atoms with Gasteiger partial charge in [-0.1, -0.05) is 15.9 Å². The third-order valence-corrected chi connectivity index (χ3v) is 4.85. The van der Waals surface area contributed by atoms with Crippen LogP contribution in [0.5, 0.6) is 0 Å². The maximum Gasteiger partial charge on any atom is 0.229 e. The van der Waals surface area contributed by atoms with Crippen molar-refractivity contribution in [2.75, 3.05) is 11.1 Å². The molecule has 8 heteroatoms. The van der Waals surface area contributed by atoms with Crippen molar-refractivity contribution in [3.05, 3.63) is 47.2 Å². The van der Waals surface area contributed by atoms with Crippen LogP contribution in [0.3, 0.4) is 0 Å². The molecule has 1 aromatic carbocycles. The highest BCUT2D eigenvalue weighted by Crippen LogP contribution is 2.16. The van der Waals surface area contributed by atoms with Crippen LogP contribution in [0.2, 0.25) is 0 Å². The van der Waals surface area contributed by atoms with E-state index in [9.17, 15) is 13.2 Å². The van der Waals surface area contributed by atoms with Crippen molar-refractivity contribution in [2.24, 2.45) is 0 Å². The summed E-state index contributed by atoms with van der Waals surface area (Å²) >= 11 is 3.24. The predicted molar refractivity (Wildman–Crippen MR) is 81.5 cm³/mol. The average molecular weight is 370 g/mol. The minimum atomic E-state index is -3.49. The number of aromatic nitrogens is 2. The number of benzene rings is 1. The molecular formula is C13H12BrN3O3S. The molecule has 6 nitrogen and oxygen atoms in total. The van der Waals surface area contributed by atoms with Gasteiger partial charge in [-0.25, -0.2) is 18.4 Å². The zero-order valence-corrected chi connectivity index (χ0v) is 13.3. The number of sulfone groups is 1. The summed E-state index contributed by atoms with van der Waals surface area (Å²) in [5.74, 6) is -0.557. The number of amides is 1. The van der Waals surface area contributed by atoms with E-state index in [1.54, 1.807) is 18.2 Å². The summed E-state index contributed by atoms with van der Waals surface area (Å²) in [7, 11) is -3.49. The van der Waals surface area contributed by atoms with E-state index in [2.05, 4.69) is 31.2 Å². The smallest absolute Gasteiger partial charge is 0.229 e. The standard InChI is InChI=1S/C13H12BrN3O3S/c14-10-2-4-11(5-3-10)21(19,20)9-6-12(18)17-13-15-7-1-8-16-13/h1-5,7-8H,6,9H2,(H,15,16,17,18). The first kappa shape index (κ1) is 15.6.